The summed E-state index contributed by atoms with van der Waals surface area (Å²) in [5.41, 5.74) is 2.53. The minimum absolute atomic E-state index is 0.175. The quantitative estimate of drug-likeness (QED) is 0.415. The second kappa shape index (κ2) is 10.8. The van der Waals surface area contributed by atoms with Crippen LogP contribution in [-0.4, -0.2) is 54.5 Å². The van der Waals surface area contributed by atoms with Crippen LogP contribution in [0.15, 0.2) is 53.7 Å². The molecule has 2 saturated heterocycles. The van der Waals surface area contributed by atoms with Gasteiger partial charge in [0.2, 0.25) is 0 Å². The molecule has 11 heteroatoms. The molecule has 1 amide bonds. The molecule has 0 radical (unpaired) electrons. The summed E-state index contributed by atoms with van der Waals surface area (Å²) in [7, 11) is -4.26. The van der Waals surface area contributed by atoms with E-state index in [1.54, 1.807) is 18.2 Å². The van der Waals surface area contributed by atoms with Crippen LogP contribution in [0, 0.1) is 5.92 Å². The first-order valence-corrected chi connectivity index (χ1v) is 16.6. The van der Waals surface area contributed by atoms with E-state index in [-0.39, 0.29) is 27.6 Å². The lowest BCUT2D eigenvalue weighted by molar-refractivity contribution is 0.0981. The monoisotopic (exact) mass is 603 g/mol. The van der Waals surface area contributed by atoms with Gasteiger partial charge in [0.05, 0.1) is 29.2 Å². The van der Waals surface area contributed by atoms with Gasteiger partial charge in [0.1, 0.15) is 11.6 Å². The smallest absolute Gasteiger partial charge is 0.281 e. The molecule has 10 nitrogen and oxygen atoms in total. The molecule has 1 unspecified atom stereocenters. The largest absolute Gasteiger partial charge is 0.370 e. The van der Waals surface area contributed by atoms with Gasteiger partial charge in [-0.1, -0.05) is 26.8 Å². The molecule has 6 heterocycles. The molecule has 0 saturated carbocycles. The number of fused-ring (bicyclic) bond motifs is 6. The molecule has 3 aliphatic rings. The van der Waals surface area contributed by atoms with E-state index in [9.17, 15) is 13.2 Å². The molecule has 2 fully saturated rings. The zero-order chi connectivity index (χ0) is 30.6. The Kier molecular flexibility index (Phi) is 7.35. The summed E-state index contributed by atoms with van der Waals surface area (Å²) in [6.07, 6.45) is 5.72. The van der Waals surface area contributed by atoms with Crippen molar-refractivity contribution >= 4 is 33.3 Å². The normalized spacial score (nSPS) is 23.2. The highest BCUT2D eigenvalue weighted by Crippen LogP contribution is 2.41. The summed E-state index contributed by atoms with van der Waals surface area (Å²) in [5.74, 6) is 0.543. The summed E-state index contributed by atoms with van der Waals surface area (Å²) >= 11 is 0. The Morgan fingerprint density at radius 3 is 2.47 bits per heavy atom. The summed E-state index contributed by atoms with van der Waals surface area (Å²) in [5, 5.41) is 3.23. The predicted octanol–water partition coefficient (Wildman–Crippen LogP) is 5.05. The van der Waals surface area contributed by atoms with Crippen LogP contribution in [0.1, 0.15) is 88.1 Å². The molecule has 0 aliphatic carbocycles. The van der Waals surface area contributed by atoms with Crippen LogP contribution in [0.4, 0.5) is 17.3 Å². The average molecular weight is 604 g/mol. The van der Waals surface area contributed by atoms with Crippen molar-refractivity contribution in [2.24, 2.45) is 5.92 Å². The molecule has 43 heavy (non-hydrogen) atoms. The number of sulfonamides is 1. The van der Waals surface area contributed by atoms with E-state index in [4.69, 9.17) is 9.97 Å². The van der Waals surface area contributed by atoms with Crippen LogP contribution in [-0.2, 0) is 15.4 Å². The minimum Gasteiger partial charge on any atom is -0.370 e. The maximum atomic E-state index is 13.6. The van der Waals surface area contributed by atoms with Gasteiger partial charge in [-0.15, -0.1) is 0 Å². The molecular formula is C32H41N7O3S. The Bertz CT molecular complexity index is 1630. The van der Waals surface area contributed by atoms with Crippen molar-refractivity contribution in [2.75, 3.05) is 34.8 Å². The summed E-state index contributed by atoms with van der Waals surface area (Å²) < 4.78 is 29.2. The van der Waals surface area contributed by atoms with E-state index < -0.39 is 15.9 Å². The molecule has 228 valence electrons. The number of carbonyl (C=O) groups excluding carboxylic acids is 1. The van der Waals surface area contributed by atoms with Gasteiger partial charge in [-0.05, 0) is 81.8 Å². The summed E-state index contributed by atoms with van der Waals surface area (Å²) in [6.45, 7) is 13.4. The lowest BCUT2D eigenvalue weighted by Gasteiger charge is -2.34. The number of hydrogen-bond donors (Lipinski definition) is 2. The Balaban J connectivity index is 1.41. The fraction of sp³-hybridized carbons (Fsp3) is 0.500. The molecule has 4 bridgehead atoms. The van der Waals surface area contributed by atoms with Gasteiger partial charge < -0.3 is 15.1 Å². The Labute approximate surface area is 254 Å². The Morgan fingerprint density at radius 1 is 1.00 bits per heavy atom. The van der Waals surface area contributed by atoms with Gasteiger partial charge >= 0.3 is 0 Å². The molecule has 3 aromatic rings. The van der Waals surface area contributed by atoms with Gasteiger partial charge in [0.25, 0.3) is 15.9 Å². The van der Waals surface area contributed by atoms with Crippen molar-refractivity contribution in [3.8, 4) is 0 Å². The lowest BCUT2D eigenvalue weighted by atomic mass is 9.90. The average Bonchev–Trinajstić information content (AvgIpc) is 3.23. The first-order valence-electron chi connectivity index (χ1n) is 15.1. The van der Waals surface area contributed by atoms with E-state index in [1.807, 2.05) is 12.3 Å². The molecule has 0 spiro atoms. The SMILES string of the molecule is CC(C)(C)c1ccc2c(n1)N1C[C@@H](CCC(c3ccc(N4CCC4)cn3)Nc3cccc(n3)S(=O)(=O)NC2=O)CC1(C)C. The molecule has 3 aliphatic heterocycles. The maximum Gasteiger partial charge on any atom is 0.281 e. The van der Waals surface area contributed by atoms with Crippen molar-refractivity contribution < 1.29 is 13.2 Å². The van der Waals surface area contributed by atoms with Crippen molar-refractivity contribution in [3.63, 3.8) is 0 Å². The third-order valence-electron chi connectivity index (χ3n) is 8.86. The predicted molar refractivity (Wildman–Crippen MR) is 168 cm³/mol. The van der Waals surface area contributed by atoms with Gasteiger partial charge in [-0.3, -0.25) is 9.78 Å². The molecule has 2 atom stereocenters. The molecular weight excluding hydrogens is 562 g/mol. The molecule has 3 aromatic heterocycles. The highest BCUT2D eigenvalue weighted by Gasteiger charge is 2.41. The van der Waals surface area contributed by atoms with Crippen LogP contribution in [0.3, 0.4) is 0 Å². The van der Waals surface area contributed by atoms with Crippen LogP contribution in [0.25, 0.3) is 0 Å². The summed E-state index contributed by atoms with van der Waals surface area (Å²) in [6, 6.07) is 12.3. The number of hydrogen-bond acceptors (Lipinski definition) is 9. The highest BCUT2D eigenvalue weighted by molar-refractivity contribution is 7.90. The van der Waals surface area contributed by atoms with Crippen molar-refractivity contribution in [1.29, 1.82) is 0 Å². The van der Waals surface area contributed by atoms with E-state index in [0.717, 1.165) is 49.4 Å². The van der Waals surface area contributed by atoms with Crippen molar-refractivity contribution in [1.82, 2.24) is 19.7 Å². The van der Waals surface area contributed by atoms with Gasteiger partial charge in [-0.25, -0.2) is 14.7 Å². The number of nitrogens with zero attached hydrogens (tertiary/aromatic N) is 5. The van der Waals surface area contributed by atoms with Crippen LogP contribution in [0.2, 0.25) is 0 Å². The topological polar surface area (TPSA) is 120 Å². The van der Waals surface area contributed by atoms with E-state index in [2.05, 4.69) is 71.6 Å². The van der Waals surface area contributed by atoms with Crippen molar-refractivity contribution in [2.45, 2.75) is 82.3 Å². The molecule has 2 N–H and O–H groups in total. The maximum absolute atomic E-state index is 13.6. The minimum atomic E-state index is -4.26. The van der Waals surface area contributed by atoms with Crippen molar-refractivity contribution in [3.05, 3.63) is 65.6 Å². The number of rotatable bonds is 2. The molecule has 0 aromatic carbocycles. The Morgan fingerprint density at radius 2 is 1.79 bits per heavy atom. The number of nitrogens with one attached hydrogen (secondary N) is 2. The van der Waals surface area contributed by atoms with Gasteiger partial charge in [0.15, 0.2) is 5.03 Å². The third-order valence-corrected chi connectivity index (χ3v) is 10.1. The standard InChI is InChI=1S/C32H41N7O3S/c1-31(2,3)26-15-12-23-29(35-26)39-20-21(18-32(39,4)5)10-13-25(24-14-11-22(19-33-24)38-16-7-17-38)34-27-8-6-9-28(36-27)43(41,42)37-30(23)40/h6,8-9,11-12,14-15,19,21,25H,7,10,13,16-18,20H2,1-5H3,(H,34,36)(H,37,40)/t21-,25?/m0/s1. The first-order chi connectivity index (χ1) is 20.3. The zero-order valence-corrected chi connectivity index (χ0v) is 26.4. The zero-order valence-electron chi connectivity index (χ0n) is 25.6. The summed E-state index contributed by atoms with van der Waals surface area (Å²) in [4.78, 5) is 32.4. The number of carbonyl (C=O) groups is 1. The fourth-order valence-corrected chi connectivity index (χ4v) is 7.25. The van der Waals surface area contributed by atoms with Crippen LogP contribution in [0.5, 0.6) is 0 Å². The number of amides is 1. The lowest BCUT2D eigenvalue weighted by Crippen LogP contribution is -2.41. The number of anilines is 3. The Hall–Kier alpha value is -3.73. The van der Waals surface area contributed by atoms with Crippen LogP contribution < -0.4 is 19.8 Å². The van der Waals surface area contributed by atoms with Gasteiger partial charge in [0, 0.05) is 36.3 Å². The van der Waals surface area contributed by atoms with E-state index in [1.165, 1.54) is 12.5 Å². The molecule has 6 rings (SSSR count). The number of aromatic nitrogens is 3. The second-order valence-corrected chi connectivity index (χ2v) is 15.3. The third kappa shape index (κ3) is 5.91. The van der Waals surface area contributed by atoms with Gasteiger partial charge in [-0.2, -0.15) is 8.42 Å². The van der Waals surface area contributed by atoms with E-state index in [0.29, 0.717) is 24.1 Å². The highest BCUT2D eigenvalue weighted by atomic mass is 32.2. The number of pyridine rings is 3. The fourth-order valence-electron chi connectivity index (χ4n) is 6.32. The second-order valence-electron chi connectivity index (χ2n) is 13.7. The first kappa shape index (κ1) is 29.3. The van der Waals surface area contributed by atoms with Crippen LogP contribution >= 0.6 is 0 Å². The van der Waals surface area contributed by atoms with E-state index >= 15 is 0 Å².